The van der Waals surface area contributed by atoms with E-state index in [1.165, 1.54) is 55.0 Å². The summed E-state index contributed by atoms with van der Waals surface area (Å²) < 4.78 is 4.66. The predicted octanol–water partition coefficient (Wildman–Crippen LogP) is 10.4. The number of benzene rings is 6. The van der Waals surface area contributed by atoms with Crippen molar-refractivity contribution in [2.24, 2.45) is 0 Å². The summed E-state index contributed by atoms with van der Waals surface area (Å²) >= 11 is 0. The van der Waals surface area contributed by atoms with E-state index in [0.29, 0.717) is 5.69 Å². The highest BCUT2D eigenvalue weighted by molar-refractivity contribution is 6.12. The van der Waals surface area contributed by atoms with E-state index in [-0.39, 0.29) is 0 Å². The normalized spacial score (nSPS) is 11.5. The van der Waals surface area contributed by atoms with Crippen LogP contribution >= 0.6 is 0 Å². The molecule has 2 heterocycles. The highest BCUT2D eigenvalue weighted by Gasteiger charge is 2.16. The average Bonchev–Trinajstić information content (AvgIpc) is 3.54. The minimum Gasteiger partial charge on any atom is -0.309 e. The molecule has 0 saturated heterocycles. The van der Waals surface area contributed by atoms with Gasteiger partial charge < -0.3 is 9.13 Å². The van der Waals surface area contributed by atoms with Gasteiger partial charge >= 0.3 is 0 Å². The van der Waals surface area contributed by atoms with Gasteiger partial charge in [-0.2, -0.15) is 0 Å². The van der Waals surface area contributed by atoms with Gasteiger partial charge in [-0.15, -0.1) is 0 Å². The van der Waals surface area contributed by atoms with E-state index in [2.05, 4.69) is 130 Å². The van der Waals surface area contributed by atoms with Crippen molar-refractivity contribution in [3.63, 3.8) is 0 Å². The summed E-state index contributed by atoms with van der Waals surface area (Å²) in [5, 5.41) is 4.94. The molecule has 0 radical (unpaired) electrons. The Kier molecular flexibility index (Phi) is 5.10. The van der Waals surface area contributed by atoms with Crippen LogP contribution in [0.5, 0.6) is 0 Å². The molecule has 2 aromatic heterocycles. The molecule has 0 unspecified atom stereocenters. The Morgan fingerprint density at radius 2 is 0.902 bits per heavy atom. The molecule has 0 amide bonds. The molecule has 0 aliphatic rings. The molecular formula is C38H25N3. The molecule has 0 saturated carbocycles. The van der Waals surface area contributed by atoms with Crippen molar-refractivity contribution >= 4 is 49.3 Å². The van der Waals surface area contributed by atoms with Crippen molar-refractivity contribution in [3.05, 3.63) is 150 Å². The van der Waals surface area contributed by atoms with Crippen molar-refractivity contribution < 1.29 is 0 Å². The largest absolute Gasteiger partial charge is 0.309 e. The number of hydrogen-bond acceptors (Lipinski definition) is 0. The van der Waals surface area contributed by atoms with Crippen LogP contribution in [0.4, 0.5) is 5.69 Å². The Morgan fingerprint density at radius 3 is 1.39 bits per heavy atom. The number of para-hydroxylation sites is 2. The molecule has 8 rings (SSSR count). The summed E-state index contributed by atoms with van der Waals surface area (Å²) in [7, 11) is 0. The SMILES string of the molecule is [C-]#[N+]c1ccc(-n2c3ccccc3c3cc(-c4ccc5c(c4)c4ccccc4n5-c4ccc(C)cc4)ccc32)cc1. The second-order valence-electron chi connectivity index (χ2n) is 10.6. The first-order valence-corrected chi connectivity index (χ1v) is 13.8. The highest BCUT2D eigenvalue weighted by Crippen LogP contribution is 2.38. The number of aromatic nitrogens is 2. The van der Waals surface area contributed by atoms with Gasteiger partial charge in [-0.1, -0.05) is 78.4 Å². The van der Waals surface area contributed by atoms with Crippen molar-refractivity contribution in [2.75, 3.05) is 0 Å². The molecular weight excluding hydrogens is 498 g/mol. The zero-order valence-corrected chi connectivity index (χ0v) is 22.5. The maximum Gasteiger partial charge on any atom is 0.187 e. The van der Waals surface area contributed by atoms with Gasteiger partial charge in [0.2, 0.25) is 0 Å². The van der Waals surface area contributed by atoms with E-state index in [1.54, 1.807) is 0 Å². The number of rotatable bonds is 3. The van der Waals surface area contributed by atoms with Crippen LogP contribution in [-0.2, 0) is 0 Å². The molecule has 0 aliphatic heterocycles. The lowest BCUT2D eigenvalue weighted by molar-refractivity contribution is 1.17. The Bertz CT molecular complexity index is 2310. The average molecular weight is 524 g/mol. The van der Waals surface area contributed by atoms with Crippen molar-refractivity contribution in [1.82, 2.24) is 9.13 Å². The maximum absolute atomic E-state index is 7.32. The highest BCUT2D eigenvalue weighted by atomic mass is 15.0. The number of hydrogen-bond donors (Lipinski definition) is 0. The van der Waals surface area contributed by atoms with Gasteiger partial charge in [0.1, 0.15) is 0 Å². The lowest BCUT2D eigenvalue weighted by Crippen LogP contribution is -1.93. The van der Waals surface area contributed by atoms with Crippen LogP contribution in [-0.4, -0.2) is 9.13 Å². The Balaban J connectivity index is 1.33. The first kappa shape index (κ1) is 23.3. The summed E-state index contributed by atoms with van der Waals surface area (Å²) in [6, 6.07) is 47.5. The molecule has 0 N–H and O–H groups in total. The molecule has 6 aromatic carbocycles. The molecule has 0 spiro atoms. The smallest absolute Gasteiger partial charge is 0.187 e. The van der Waals surface area contributed by atoms with Gasteiger partial charge in [-0.3, -0.25) is 0 Å². The molecule has 8 aromatic rings. The lowest BCUT2D eigenvalue weighted by atomic mass is 10.0. The first-order valence-electron chi connectivity index (χ1n) is 13.8. The summed E-state index contributed by atoms with van der Waals surface area (Å²) in [6.45, 7) is 9.45. The molecule has 0 atom stereocenters. The molecule has 41 heavy (non-hydrogen) atoms. The second-order valence-corrected chi connectivity index (χ2v) is 10.6. The first-order chi connectivity index (χ1) is 20.2. The molecule has 192 valence electrons. The third-order valence-electron chi connectivity index (χ3n) is 8.21. The standard InChI is InChI=1S/C38H25N3/c1-25-11-17-29(18-12-25)40-35-9-5-3-7-31(35)33-23-26(13-21-37(33)40)27-14-22-38-34(24-27)32-8-4-6-10-36(32)41(38)30-19-15-28(39-2)16-20-30/h3-24H,1H3. The minimum atomic E-state index is 0.649. The monoisotopic (exact) mass is 523 g/mol. The summed E-state index contributed by atoms with van der Waals surface area (Å²) in [6.07, 6.45) is 0. The maximum atomic E-state index is 7.32. The van der Waals surface area contributed by atoms with E-state index < -0.39 is 0 Å². The quantitative estimate of drug-likeness (QED) is 0.205. The fourth-order valence-electron chi connectivity index (χ4n) is 6.23. The second kappa shape index (κ2) is 8.98. The number of aryl methyl sites for hydroxylation is 1. The number of fused-ring (bicyclic) bond motifs is 6. The molecule has 3 nitrogen and oxygen atoms in total. The van der Waals surface area contributed by atoms with Crippen LogP contribution in [0.1, 0.15) is 5.56 Å². The lowest BCUT2D eigenvalue weighted by Gasteiger charge is -2.10. The fraction of sp³-hybridized carbons (Fsp3) is 0.0263. The van der Waals surface area contributed by atoms with E-state index in [1.807, 2.05) is 24.3 Å². The van der Waals surface area contributed by atoms with Gasteiger partial charge in [0.05, 0.1) is 28.6 Å². The Morgan fingerprint density at radius 1 is 0.463 bits per heavy atom. The van der Waals surface area contributed by atoms with Crippen molar-refractivity contribution in [2.45, 2.75) is 6.92 Å². The summed E-state index contributed by atoms with van der Waals surface area (Å²) in [4.78, 5) is 3.56. The van der Waals surface area contributed by atoms with Crippen LogP contribution in [0.15, 0.2) is 133 Å². The molecule has 0 fully saturated rings. The fourth-order valence-corrected chi connectivity index (χ4v) is 6.23. The van der Waals surface area contributed by atoms with Crippen molar-refractivity contribution in [1.29, 1.82) is 0 Å². The minimum absolute atomic E-state index is 0.649. The third-order valence-corrected chi connectivity index (χ3v) is 8.21. The van der Waals surface area contributed by atoms with E-state index >= 15 is 0 Å². The summed E-state index contributed by atoms with van der Waals surface area (Å²) in [5.41, 5.74) is 11.3. The van der Waals surface area contributed by atoms with Crippen LogP contribution in [0.25, 0.3) is 71.0 Å². The van der Waals surface area contributed by atoms with Gasteiger partial charge in [-0.05, 0) is 78.7 Å². The van der Waals surface area contributed by atoms with Crippen molar-refractivity contribution in [3.8, 4) is 22.5 Å². The third kappa shape index (κ3) is 3.58. The topological polar surface area (TPSA) is 14.2 Å². The molecule has 0 aliphatic carbocycles. The molecule has 0 bridgehead atoms. The van der Waals surface area contributed by atoms with Crippen LogP contribution in [0, 0.1) is 13.5 Å². The predicted molar refractivity (Wildman–Crippen MR) is 172 cm³/mol. The van der Waals surface area contributed by atoms with Crippen LogP contribution < -0.4 is 0 Å². The zero-order valence-electron chi connectivity index (χ0n) is 22.5. The van der Waals surface area contributed by atoms with E-state index in [0.717, 1.165) is 16.7 Å². The number of nitrogens with zero attached hydrogens (tertiary/aromatic N) is 3. The molecule has 3 heteroatoms. The van der Waals surface area contributed by atoms with Gasteiger partial charge in [-0.25, -0.2) is 4.85 Å². The Hall–Kier alpha value is -5.59. The van der Waals surface area contributed by atoms with E-state index in [9.17, 15) is 0 Å². The zero-order chi connectivity index (χ0) is 27.5. The van der Waals surface area contributed by atoms with E-state index in [4.69, 9.17) is 6.57 Å². The van der Waals surface area contributed by atoms with Gasteiger partial charge in [0.15, 0.2) is 5.69 Å². The Labute approximate surface area is 238 Å². The summed E-state index contributed by atoms with van der Waals surface area (Å²) in [5.74, 6) is 0. The van der Waals surface area contributed by atoms with Crippen LogP contribution in [0.3, 0.4) is 0 Å². The van der Waals surface area contributed by atoms with Crippen LogP contribution in [0.2, 0.25) is 0 Å². The van der Waals surface area contributed by atoms with Gasteiger partial charge in [0.25, 0.3) is 0 Å². The van der Waals surface area contributed by atoms with Gasteiger partial charge in [0, 0.05) is 32.9 Å².